The van der Waals surface area contributed by atoms with Gasteiger partial charge in [0.05, 0.1) is 7.11 Å². The number of aliphatic hydroxyl groups is 3. The normalized spacial score (nSPS) is 28.5. The number of hydrogen-bond acceptors (Lipinski definition) is 7. The van der Waals surface area contributed by atoms with E-state index in [1.54, 1.807) is 0 Å². The molecular formula is C25H29ClO7. The van der Waals surface area contributed by atoms with Crippen LogP contribution in [0.5, 0.6) is 0 Å². The molecule has 2 aromatic rings. The van der Waals surface area contributed by atoms with Crippen molar-refractivity contribution >= 4 is 17.8 Å². The summed E-state index contributed by atoms with van der Waals surface area (Å²) in [6, 6.07) is 12.1. The van der Waals surface area contributed by atoms with Gasteiger partial charge >= 0.3 is 6.16 Å². The molecule has 4 rings (SSSR count). The summed E-state index contributed by atoms with van der Waals surface area (Å²) in [4.78, 5) is 11.4. The number of ether oxygens (including phenoxy) is 3. The summed E-state index contributed by atoms with van der Waals surface area (Å²) >= 11 is 6.60. The number of carbonyl (C=O) groups is 1. The molecule has 7 nitrogen and oxygen atoms in total. The largest absolute Gasteiger partial charge is 0.508 e. The van der Waals surface area contributed by atoms with Gasteiger partial charge < -0.3 is 29.5 Å². The Bertz CT molecular complexity index is 1010. The standard InChI is InChI=1S/C25H29ClO7/c1-3-14-4-6-15(7-5-14)10-17-11-18-16(12-19(17)26)8-9-25(18)23(29)22(28)21(27)20(33-25)13-32-24(30)31-2/h4-7,11-12,20-23,27-29H,3,8-10,13H2,1-2H3/t20-,21-,22+,23-,25+/m1/s1. The van der Waals surface area contributed by atoms with E-state index in [2.05, 4.69) is 35.9 Å². The zero-order chi connectivity index (χ0) is 23.8. The molecule has 33 heavy (non-hydrogen) atoms. The van der Waals surface area contributed by atoms with Crippen LogP contribution in [0.25, 0.3) is 0 Å². The Morgan fingerprint density at radius 3 is 2.52 bits per heavy atom. The molecule has 1 aliphatic heterocycles. The van der Waals surface area contributed by atoms with E-state index in [9.17, 15) is 20.1 Å². The van der Waals surface area contributed by atoms with Crippen molar-refractivity contribution in [3.63, 3.8) is 0 Å². The van der Waals surface area contributed by atoms with Crippen molar-refractivity contribution in [2.75, 3.05) is 13.7 Å². The van der Waals surface area contributed by atoms with Gasteiger partial charge in [0.2, 0.25) is 0 Å². The number of methoxy groups -OCH3 is 1. The molecule has 0 bridgehead atoms. The van der Waals surface area contributed by atoms with Crippen molar-refractivity contribution in [1.29, 1.82) is 0 Å². The minimum atomic E-state index is -1.48. The maximum atomic E-state index is 11.4. The lowest BCUT2D eigenvalue weighted by molar-refractivity contribution is -0.279. The average Bonchev–Trinajstić information content (AvgIpc) is 3.17. The first-order valence-corrected chi connectivity index (χ1v) is 11.5. The zero-order valence-corrected chi connectivity index (χ0v) is 19.4. The van der Waals surface area contributed by atoms with Crippen LogP contribution in [-0.2, 0) is 39.1 Å². The molecule has 1 spiro atoms. The molecule has 0 saturated carbocycles. The van der Waals surface area contributed by atoms with E-state index in [4.69, 9.17) is 21.1 Å². The maximum absolute atomic E-state index is 11.4. The molecule has 5 atom stereocenters. The Morgan fingerprint density at radius 1 is 1.15 bits per heavy atom. The summed E-state index contributed by atoms with van der Waals surface area (Å²) in [6.07, 6.45) is -3.67. The van der Waals surface area contributed by atoms with Gasteiger partial charge in [-0.2, -0.15) is 0 Å². The van der Waals surface area contributed by atoms with Gasteiger partial charge in [0.25, 0.3) is 0 Å². The minimum absolute atomic E-state index is 0.321. The number of rotatable bonds is 5. The molecule has 1 heterocycles. The maximum Gasteiger partial charge on any atom is 0.508 e. The third kappa shape index (κ3) is 4.48. The fraction of sp³-hybridized carbons (Fsp3) is 0.480. The quantitative estimate of drug-likeness (QED) is 0.570. The van der Waals surface area contributed by atoms with Gasteiger partial charge in [0.1, 0.15) is 36.6 Å². The molecule has 2 aromatic carbocycles. The van der Waals surface area contributed by atoms with Crippen LogP contribution in [0.1, 0.15) is 41.2 Å². The highest BCUT2D eigenvalue weighted by Crippen LogP contribution is 2.49. The Kier molecular flexibility index (Phi) is 6.98. The zero-order valence-electron chi connectivity index (χ0n) is 18.7. The Balaban J connectivity index is 1.65. The molecule has 2 aliphatic rings. The van der Waals surface area contributed by atoms with Crippen molar-refractivity contribution in [3.8, 4) is 0 Å². The molecule has 0 aromatic heterocycles. The lowest BCUT2D eigenvalue weighted by Crippen LogP contribution is -2.63. The highest BCUT2D eigenvalue weighted by atomic mass is 35.5. The number of halogens is 1. The second-order valence-corrected chi connectivity index (χ2v) is 9.09. The predicted octanol–water partition coefficient (Wildman–Crippen LogP) is 2.90. The smallest absolute Gasteiger partial charge is 0.438 e. The third-order valence-corrected chi connectivity index (χ3v) is 7.10. The van der Waals surface area contributed by atoms with Crippen molar-refractivity contribution in [2.45, 2.75) is 62.6 Å². The second kappa shape index (κ2) is 9.60. The fourth-order valence-corrected chi connectivity index (χ4v) is 5.08. The van der Waals surface area contributed by atoms with Crippen LogP contribution in [0.15, 0.2) is 36.4 Å². The van der Waals surface area contributed by atoms with E-state index >= 15 is 0 Å². The molecule has 1 saturated heterocycles. The molecule has 178 valence electrons. The predicted molar refractivity (Wildman–Crippen MR) is 121 cm³/mol. The number of carbonyl (C=O) groups excluding carboxylic acids is 1. The summed E-state index contributed by atoms with van der Waals surface area (Å²) in [7, 11) is 1.18. The number of benzene rings is 2. The molecule has 0 unspecified atom stereocenters. The van der Waals surface area contributed by atoms with E-state index in [0.29, 0.717) is 24.3 Å². The van der Waals surface area contributed by atoms with E-state index in [1.807, 2.05) is 12.1 Å². The molecular weight excluding hydrogens is 448 g/mol. The van der Waals surface area contributed by atoms with E-state index in [0.717, 1.165) is 28.7 Å². The molecule has 1 aliphatic carbocycles. The summed E-state index contributed by atoms with van der Waals surface area (Å²) in [6.45, 7) is 1.79. The Labute approximate surface area is 197 Å². The first kappa shape index (κ1) is 24.0. The highest BCUT2D eigenvalue weighted by Gasteiger charge is 2.57. The summed E-state index contributed by atoms with van der Waals surface area (Å²) in [5.41, 5.74) is 3.63. The van der Waals surface area contributed by atoms with Gasteiger partial charge in [-0.1, -0.05) is 48.9 Å². The Hall–Kier alpha value is -2.16. The minimum Gasteiger partial charge on any atom is -0.438 e. The van der Waals surface area contributed by atoms with Gasteiger partial charge in [-0.05, 0) is 59.6 Å². The van der Waals surface area contributed by atoms with Crippen LogP contribution in [0.2, 0.25) is 5.02 Å². The van der Waals surface area contributed by atoms with Gasteiger partial charge in [-0.3, -0.25) is 0 Å². The average molecular weight is 477 g/mol. The van der Waals surface area contributed by atoms with Crippen molar-refractivity contribution < 1.29 is 34.3 Å². The summed E-state index contributed by atoms with van der Waals surface area (Å²) in [5.74, 6) is 0. The number of hydrogen-bond donors (Lipinski definition) is 3. The molecule has 0 radical (unpaired) electrons. The van der Waals surface area contributed by atoms with Crippen molar-refractivity contribution in [3.05, 3.63) is 69.2 Å². The van der Waals surface area contributed by atoms with Crippen LogP contribution in [0.4, 0.5) is 4.79 Å². The van der Waals surface area contributed by atoms with Gasteiger partial charge in [0.15, 0.2) is 0 Å². The third-order valence-electron chi connectivity index (χ3n) is 6.75. The van der Waals surface area contributed by atoms with Crippen LogP contribution in [0, 0.1) is 0 Å². The van der Waals surface area contributed by atoms with Crippen LogP contribution in [0.3, 0.4) is 0 Å². The van der Waals surface area contributed by atoms with E-state index in [-0.39, 0.29) is 6.61 Å². The van der Waals surface area contributed by atoms with E-state index in [1.165, 1.54) is 12.7 Å². The monoisotopic (exact) mass is 476 g/mol. The van der Waals surface area contributed by atoms with Crippen LogP contribution < -0.4 is 0 Å². The first-order chi connectivity index (χ1) is 15.8. The Morgan fingerprint density at radius 2 is 1.85 bits per heavy atom. The summed E-state index contributed by atoms with van der Waals surface area (Å²) < 4.78 is 15.6. The fourth-order valence-electron chi connectivity index (χ4n) is 4.83. The lowest BCUT2D eigenvalue weighted by atomic mass is 9.80. The molecule has 8 heteroatoms. The van der Waals surface area contributed by atoms with Crippen molar-refractivity contribution in [1.82, 2.24) is 0 Å². The van der Waals surface area contributed by atoms with Crippen LogP contribution >= 0.6 is 11.6 Å². The van der Waals surface area contributed by atoms with Gasteiger partial charge in [-0.15, -0.1) is 0 Å². The van der Waals surface area contributed by atoms with Crippen molar-refractivity contribution in [2.24, 2.45) is 0 Å². The first-order valence-electron chi connectivity index (χ1n) is 11.1. The number of fused-ring (bicyclic) bond motifs is 2. The number of aryl methyl sites for hydroxylation is 2. The van der Waals surface area contributed by atoms with Gasteiger partial charge in [0, 0.05) is 5.02 Å². The SMILES string of the molecule is CCc1ccc(Cc2cc3c(cc2Cl)CC[C@]32O[C@H](COC(=O)OC)[C@@H](O)[C@H](O)[C@H]2O)cc1. The second-order valence-electron chi connectivity index (χ2n) is 8.68. The van der Waals surface area contributed by atoms with E-state index < -0.39 is 36.2 Å². The molecule has 3 N–H and O–H groups in total. The van der Waals surface area contributed by atoms with Gasteiger partial charge in [-0.25, -0.2) is 4.79 Å². The van der Waals surface area contributed by atoms with Crippen LogP contribution in [-0.4, -0.2) is 59.6 Å². The molecule has 1 fully saturated rings. The topological polar surface area (TPSA) is 105 Å². The highest BCUT2D eigenvalue weighted by molar-refractivity contribution is 6.31. The summed E-state index contributed by atoms with van der Waals surface area (Å²) in [5, 5.41) is 32.7. The number of aliphatic hydroxyl groups excluding tert-OH is 3. The molecule has 0 amide bonds. The lowest BCUT2D eigenvalue weighted by Gasteiger charge is -2.47.